The van der Waals surface area contributed by atoms with Crippen LogP contribution in [0.5, 0.6) is 0 Å². The molecule has 1 aromatic heterocycles. The zero-order valence-corrected chi connectivity index (χ0v) is 15.3. The molecule has 27 heavy (non-hydrogen) atoms. The van der Waals surface area contributed by atoms with Gasteiger partial charge in [-0.3, -0.25) is 4.79 Å². The maximum atomic E-state index is 12.8. The van der Waals surface area contributed by atoms with Gasteiger partial charge in [-0.15, -0.1) is 0 Å². The Morgan fingerprint density at radius 3 is 2.81 bits per heavy atom. The van der Waals surface area contributed by atoms with Crippen LogP contribution in [-0.2, 0) is 4.79 Å². The summed E-state index contributed by atoms with van der Waals surface area (Å²) >= 11 is 0. The molecular weight excluding hydrogens is 346 g/mol. The Labute approximate surface area is 157 Å². The first-order valence-electron chi connectivity index (χ1n) is 9.32. The van der Waals surface area contributed by atoms with E-state index in [1.54, 1.807) is 16.8 Å². The molecule has 8 heteroatoms. The second kappa shape index (κ2) is 7.38. The zero-order chi connectivity index (χ0) is 18.8. The van der Waals surface area contributed by atoms with Gasteiger partial charge >= 0.3 is 6.03 Å². The van der Waals surface area contributed by atoms with Crippen LogP contribution in [0.3, 0.4) is 0 Å². The van der Waals surface area contributed by atoms with E-state index in [9.17, 15) is 9.59 Å². The first-order valence-corrected chi connectivity index (χ1v) is 9.32. The summed E-state index contributed by atoms with van der Waals surface area (Å²) in [5.41, 5.74) is 0.881. The van der Waals surface area contributed by atoms with E-state index < -0.39 is 0 Å². The number of nitrogens with one attached hydrogen (secondary N) is 1. The van der Waals surface area contributed by atoms with Crippen LogP contribution in [0.25, 0.3) is 11.4 Å². The van der Waals surface area contributed by atoms with Gasteiger partial charge in [-0.05, 0) is 19.3 Å². The van der Waals surface area contributed by atoms with Gasteiger partial charge in [-0.2, -0.15) is 4.98 Å². The summed E-state index contributed by atoms with van der Waals surface area (Å²) in [6.07, 6.45) is 3.07. The third-order valence-corrected chi connectivity index (χ3v) is 5.19. The van der Waals surface area contributed by atoms with Crippen molar-refractivity contribution in [2.24, 2.45) is 0 Å². The Hall–Kier alpha value is -2.90. The number of likely N-dealkylation sites (N-methyl/N-ethyl adjacent to an activating group) is 1. The predicted molar refractivity (Wildman–Crippen MR) is 97.6 cm³/mol. The fourth-order valence-electron chi connectivity index (χ4n) is 3.72. The molecule has 0 spiro atoms. The molecule has 3 amide bonds. The van der Waals surface area contributed by atoms with Crippen LogP contribution in [0.2, 0.25) is 0 Å². The highest BCUT2D eigenvalue weighted by atomic mass is 16.5. The molecule has 8 nitrogen and oxygen atoms in total. The quantitative estimate of drug-likeness (QED) is 0.896. The number of hydrogen-bond donors (Lipinski definition) is 1. The van der Waals surface area contributed by atoms with Crippen LogP contribution in [0.4, 0.5) is 4.79 Å². The number of carbonyl (C=O) groups excluding carboxylic acids is 2. The van der Waals surface area contributed by atoms with Gasteiger partial charge in [0.05, 0.1) is 6.04 Å². The molecular formula is C19H23N5O3. The fraction of sp³-hybridized carbons (Fsp3) is 0.474. The number of hydrogen-bond acceptors (Lipinski definition) is 5. The lowest BCUT2D eigenvalue weighted by Crippen LogP contribution is -2.48. The molecule has 3 heterocycles. The summed E-state index contributed by atoms with van der Waals surface area (Å²) in [5.74, 6) is 1.04. The van der Waals surface area contributed by atoms with Crippen LogP contribution >= 0.6 is 0 Å². The van der Waals surface area contributed by atoms with Crippen molar-refractivity contribution in [2.75, 3.05) is 20.1 Å². The number of nitrogens with zero attached hydrogens (tertiary/aromatic N) is 4. The van der Waals surface area contributed by atoms with Gasteiger partial charge in [-0.1, -0.05) is 35.5 Å². The van der Waals surface area contributed by atoms with Crippen molar-refractivity contribution in [2.45, 2.75) is 37.8 Å². The molecule has 0 aliphatic carbocycles. The molecule has 1 aromatic carbocycles. The van der Waals surface area contributed by atoms with Crippen molar-refractivity contribution in [1.29, 1.82) is 0 Å². The highest BCUT2D eigenvalue weighted by molar-refractivity contribution is 5.81. The molecule has 0 bridgehead atoms. The molecule has 2 saturated heterocycles. The second-order valence-corrected chi connectivity index (χ2v) is 7.15. The van der Waals surface area contributed by atoms with Crippen LogP contribution in [0.15, 0.2) is 34.9 Å². The van der Waals surface area contributed by atoms with Crippen LogP contribution in [0.1, 0.15) is 37.6 Å². The van der Waals surface area contributed by atoms with Gasteiger partial charge in [0, 0.05) is 32.1 Å². The Morgan fingerprint density at radius 2 is 2.07 bits per heavy atom. The number of aromatic nitrogens is 2. The lowest BCUT2D eigenvalue weighted by molar-refractivity contribution is -0.126. The van der Waals surface area contributed by atoms with E-state index in [1.165, 1.54) is 0 Å². The van der Waals surface area contributed by atoms with Gasteiger partial charge in [0.2, 0.25) is 17.6 Å². The number of carbonyl (C=O) groups is 2. The Kier molecular flexibility index (Phi) is 4.79. The third-order valence-electron chi connectivity index (χ3n) is 5.19. The van der Waals surface area contributed by atoms with Crippen molar-refractivity contribution in [1.82, 2.24) is 25.3 Å². The molecule has 1 N–H and O–H groups in total. The number of likely N-dealkylation sites (tertiary alicyclic amines) is 2. The van der Waals surface area contributed by atoms with Gasteiger partial charge in [0.15, 0.2) is 0 Å². The SMILES string of the molecule is CN1CC(NC(=O)N2CCCCC2c2nc(-c3ccccc3)no2)CC1=O. The highest BCUT2D eigenvalue weighted by Crippen LogP contribution is 2.31. The summed E-state index contributed by atoms with van der Waals surface area (Å²) < 4.78 is 5.50. The molecule has 2 fully saturated rings. The van der Waals surface area contributed by atoms with Crippen molar-refractivity contribution < 1.29 is 14.1 Å². The van der Waals surface area contributed by atoms with Gasteiger partial charge in [0.1, 0.15) is 6.04 Å². The number of benzene rings is 1. The Morgan fingerprint density at radius 1 is 1.26 bits per heavy atom. The number of piperidine rings is 1. The van der Waals surface area contributed by atoms with E-state index in [-0.39, 0.29) is 24.0 Å². The van der Waals surface area contributed by atoms with E-state index >= 15 is 0 Å². The summed E-state index contributed by atoms with van der Waals surface area (Å²) in [7, 11) is 1.75. The van der Waals surface area contributed by atoms with E-state index in [1.807, 2.05) is 30.3 Å². The molecule has 4 rings (SSSR count). The van der Waals surface area contributed by atoms with E-state index in [2.05, 4.69) is 15.5 Å². The lowest BCUT2D eigenvalue weighted by atomic mass is 10.0. The summed E-state index contributed by atoms with van der Waals surface area (Å²) in [4.78, 5) is 32.4. The summed E-state index contributed by atoms with van der Waals surface area (Å²) in [6, 6.07) is 9.06. The summed E-state index contributed by atoms with van der Waals surface area (Å²) in [5, 5.41) is 7.07. The monoisotopic (exact) mass is 369 g/mol. The maximum absolute atomic E-state index is 12.8. The topological polar surface area (TPSA) is 91.6 Å². The molecule has 2 aliphatic heterocycles. The summed E-state index contributed by atoms with van der Waals surface area (Å²) in [6.45, 7) is 1.18. The molecule has 2 aliphatic rings. The van der Waals surface area contributed by atoms with E-state index in [4.69, 9.17) is 4.52 Å². The van der Waals surface area contributed by atoms with Crippen LogP contribution in [0, 0.1) is 0 Å². The van der Waals surface area contributed by atoms with Gasteiger partial charge in [0.25, 0.3) is 0 Å². The number of urea groups is 1. The van der Waals surface area contributed by atoms with Crippen molar-refractivity contribution in [3.63, 3.8) is 0 Å². The van der Waals surface area contributed by atoms with Crippen molar-refractivity contribution in [3.8, 4) is 11.4 Å². The Balaban J connectivity index is 1.48. The molecule has 0 radical (unpaired) electrons. The minimum absolute atomic E-state index is 0.0555. The second-order valence-electron chi connectivity index (χ2n) is 7.15. The van der Waals surface area contributed by atoms with Gasteiger partial charge in [-0.25, -0.2) is 4.79 Å². The first-order chi connectivity index (χ1) is 13.1. The Bertz CT molecular complexity index is 822. The van der Waals surface area contributed by atoms with E-state index in [0.29, 0.717) is 31.2 Å². The largest absolute Gasteiger partial charge is 0.344 e. The number of rotatable bonds is 3. The predicted octanol–water partition coefficient (Wildman–Crippen LogP) is 2.20. The lowest BCUT2D eigenvalue weighted by Gasteiger charge is -2.34. The molecule has 2 atom stereocenters. The van der Waals surface area contributed by atoms with Crippen molar-refractivity contribution in [3.05, 3.63) is 36.2 Å². The molecule has 0 saturated carbocycles. The average Bonchev–Trinajstić information content (AvgIpc) is 3.29. The zero-order valence-electron chi connectivity index (χ0n) is 15.3. The maximum Gasteiger partial charge on any atom is 0.318 e. The number of amides is 3. The standard InChI is InChI=1S/C19H23N5O3/c1-23-12-14(11-16(23)25)20-19(26)24-10-6-5-9-15(24)18-21-17(22-27-18)13-7-3-2-4-8-13/h2-4,7-8,14-15H,5-6,9-12H2,1H3,(H,20,26). The molecule has 2 aromatic rings. The van der Waals surface area contributed by atoms with Gasteiger partial charge < -0.3 is 19.6 Å². The fourth-order valence-corrected chi connectivity index (χ4v) is 3.72. The smallest absolute Gasteiger partial charge is 0.318 e. The first kappa shape index (κ1) is 17.5. The van der Waals surface area contributed by atoms with Crippen LogP contribution < -0.4 is 5.32 Å². The molecule has 142 valence electrons. The molecule has 2 unspecified atom stereocenters. The minimum atomic E-state index is -0.237. The normalized spacial score (nSPS) is 22.9. The van der Waals surface area contributed by atoms with Crippen molar-refractivity contribution >= 4 is 11.9 Å². The van der Waals surface area contributed by atoms with Crippen LogP contribution in [-0.4, -0.2) is 58.1 Å². The minimum Gasteiger partial charge on any atom is -0.344 e. The van der Waals surface area contributed by atoms with E-state index in [0.717, 1.165) is 24.8 Å². The average molecular weight is 369 g/mol. The third kappa shape index (κ3) is 3.65. The highest BCUT2D eigenvalue weighted by Gasteiger charge is 2.35.